The van der Waals surface area contributed by atoms with E-state index in [0.717, 1.165) is 17.3 Å². The number of ether oxygens (including phenoxy) is 1. The maximum absolute atomic E-state index is 11.1. The highest BCUT2D eigenvalue weighted by Crippen LogP contribution is 2.28. The van der Waals surface area contributed by atoms with Crippen LogP contribution in [0.1, 0.15) is 26.2 Å². The van der Waals surface area contributed by atoms with Crippen molar-refractivity contribution in [2.75, 3.05) is 17.7 Å². The van der Waals surface area contributed by atoms with Crippen molar-refractivity contribution in [1.29, 1.82) is 0 Å². The Balaban J connectivity index is 1.96. The fourth-order valence-electron chi connectivity index (χ4n) is 2.43. The summed E-state index contributed by atoms with van der Waals surface area (Å²) in [6.45, 7) is 2.29. The van der Waals surface area contributed by atoms with Gasteiger partial charge in [-0.05, 0) is 43.4 Å². The second-order valence-corrected chi connectivity index (χ2v) is 4.96. The summed E-state index contributed by atoms with van der Waals surface area (Å²) < 4.78 is 4.57. The molecule has 1 amide bonds. The Hall–Kier alpha value is -1.71. The van der Waals surface area contributed by atoms with Crippen molar-refractivity contribution < 1.29 is 9.53 Å². The van der Waals surface area contributed by atoms with Crippen LogP contribution in [0.5, 0.6) is 0 Å². The Morgan fingerprint density at radius 2 is 2.11 bits per heavy atom. The SMILES string of the molecule is COC(=O)Nc1cccc(NC2CCC(C)C2)c1. The molecule has 1 fully saturated rings. The van der Waals surface area contributed by atoms with E-state index in [4.69, 9.17) is 0 Å². The molecule has 4 heteroatoms. The second-order valence-electron chi connectivity index (χ2n) is 4.96. The molecule has 1 aromatic rings. The summed E-state index contributed by atoms with van der Waals surface area (Å²) in [5.41, 5.74) is 1.79. The maximum Gasteiger partial charge on any atom is 0.411 e. The van der Waals surface area contributed by atoms with Gasteiger partial charge in [-0.2, -0.15) is 0 Å². The molecule has 2 atom stereocenters. The summed E-state index contributed by atoms with van der Waals surface area (Å²) in [4.78, 5) is 11.1. The van der Waals surface area contributed by atoms with E-state index in [0.29, 0.717) is 6.04 Å². The van der Waals surface area contributed by atoms with E-state index in [1.165, 1.54) is 26.4 Å². The first-order chi connectivity index (χ1) is 8.67. The molecule has 0 radical (unpaired) electrons. The lowest BCUT2D eigenvalue weighted by Gasteiger charge is -2.15. The Labute approximate surface area is 108 Å². The number of methoxy groups -OCH3 is 1. The summed E-state index contributed by atoms with van der Waals surface area (Å²) in [7, 11) is 1.36. The summed E-state index contributed by atoms with van der Waals surface area (Å²) in [5, 5.41) is 6.18. The van der Waals surface area contributed by atoms with E-state index < -0.39 is 6.09 Å². The zero-order valence-electron chi connectivity index (χ0n) is 10.9. The van der Waals surface area contributed by atoms with E-state index in [9.17, 15) is 4.79 Å². The van der Waals surface area contributed by atoms with Gasteiger partial charge < -0.3 is 10.1 Å². The molecule has 0 bridgehead atoms. The molecule has 0 heterocycles. The first-order valence-electron chi connectivity index (χ1n) is 6.39. The van der Waals surface area contributed by atoms with E-state index in [2.05, 4.69) is 22.3 Å². The predicted octanol–water partition coefficient (Wildman–Crippen LogP) is 3.47. The highest BCUT2D eigenvalue weighted by molar-refractivity contribution is 5.85. The van der Waals surface area contributed by atoms with Gasteiger partial charge in [-0.15, -0.1) is 0 Å². The zero-order chi connectivity index (χ0) is 13.0. The average molecular weight is 248 g/mol. The van der Waals surface area contributed by atoms with Crippen LogP contribution < -0.4 is 10.6 Å². The fraction of sp³-hybridized carbons (Fsp3) is 0.500. The molecule has 0 saturated heterocycles. The molecule has 2 N–H and O–H groups in total. The maximum atomic E-state index is 11.1. The van der Waals surface area contributed by atoms with Crippen LogP contribution >= 0.6 is 0 Å². The molecule has 1 aliphatic rings. The van der Waals surface area contributed by atoms with Crippen molar-refractivity contribution in [1.82, 2.24) is 0 Å². The number of carbonyl (C=O) groups is 1. The summed E-state index contributed by atoms with van der Waals surface area (Å²) in [6, 6.07) is 8.27. The molecule has 0 aromatic heterocycles. The van der Waals surface area contributed by atoms with Crippen molar-refractivity contribution in [3.8, 4) is 0 Å². The molecule has 2 unspecified atom stereocenters. The highest BCUT2D eigenvalue weighted by atomic mass is 16.5. The molecular formula is C14H20N2O2. The number of benzene rings is 1. The number of amides is 1. The predicted molar refractivity (Wildman–Crippen MR) is 72.9 cm³/mol. The van der Waals surface area contributed by atoms with Crippen LogP contribution in [-0.2, 0) is 4.74 Å². The lowest BCUT2D eigenvalue weighted by molar-refractivity contribution is 0.187. The zero-order valence-corrected chi connectivity index (χ0v) is 10.9. The highest BCUT2D eigenvalue weighted by Gasteiger charge is 2.20. The van der Waals surface area contributed by atoms with E-state index in [1.807, 2.05) is 24.3 Å². The van der Waals surface area contributed by atoms with Crippen LogP contribution in [0.2, 0.25) is 0 Å². The molecule has 1 aromatic carbocycles. The van der Waals surface area contributed by atoms with E-state index in [-0.39, 0.29) is 0 Å². The van der Waals surface area contributed by atoms with E-state index >= 15 is 0 Å². The van der Waals surface area contributed by atoms with Gasteiger partial charge >= 0.3 is 6.09 Å². The number of rotatable bonds is 3. The summed E-state index contributed by atoms with van der Waals surface area (Å²) >= 11 is 0. The molecule has 1 aliphatic carbocycles. The standard InChI is InChI=1S/C14H20N2O2/c1-10-6-7-13(8-10)15-11-4-3-5-12(9-11)16-14(17)18-2/h3-5,9-10,13,15H,6-8H2,1-2H3,(H,16,17). The van der Waals surface area contributed by atoms with Crippen molar-refractivity contribution in [3.05, 3.63) is 24.3 Å². The number of nitrogens with one attached hydrogen (secondary N) is 2. The van der Waals surface area contributed by atoms with Gasteiger partial charge in [-0.25, -0.2) is 4.79 Å². The minimum absolute atomic E-state index is 0.443. The topological polar surface area (TPSA) is 50.4 Å². The quantitative estimate of drug-likeness (QED) is 0.861. The van der Waals surface area contributed by atoms with Gasteiger partial charge in [0.2, 0.25) is 0 Å². The third-order valence-corrected chi connectivity index (χ3v) is 3.36. The van der Waals surface area contributed by atoms with Crippen LogP contribution in [0.15, 0.2) is 24.3 Å². The van der Waals surface area contributed by atoms with Crippen molar-refractivity contribution in [3.63, 3.8) is 0 Å². The van der Waals surface area contributed by atoms with Crippen molar-refractivity contribution in [2.24, 2.45) is 5.92 Å². The fourth-order valence-corrected chi connectivity index (χ4v) is 2.43. The molecule has 18 heavy (non-hydrogen) atoms. The molecule has 0 aliphatic heterocycles. The van der Waals surface area contributed by atoms with Gasteiger partial charge in [-0.1, -0.05) is 13.0 Å². The van der Waals surface area contributed by atoms with Crippen LogP contribution in [0, 0.1) is 5.92 Å². The summed E-state index contributed by atoms with van der Waals surface area (Å²) in [6.07, 6.45) is 3.28. The van der Waals surface area contributed by atoms with Crippen LogP contribution in [0.25, 0.3) is 0 Å². The van der Waals surface area contributed by atoms with Gasteiger partial charge in [0.25, 0.3) is 0 Å². The molecule has 4 nitrogen and oxygen atoms in total. The van der Waals surface area contributed by atoms with Crippen LogP contribution in [0.3, 0.4) is 0 Å². The van der Waals surface area contributed by atoms with E-state index in [1.54, 1.807) is 0 Å². The van der Waals surface area contributed by atoms with Gasteiger partial charge in [0.05, 0.1) is 7.11 Å². The Morgan fingerprint density at radius 1 is 1.33 bits per heavy atom. The first kappa shape index (κ1) is 12.7. The number of anilines is 2. The lowest BCUT2D eigenvalue weighted by atomic mass is 10.1. The van der Waals surface area contributed by atoms with Gasteiger partial charge in [0.15, 0.2) is 0 Å². The number of hydrogen-bond acceptors (Lipinski definition) is 3. The lowest BCUT2D eigenvalue weighted by Crippen LogP contribution is -2.16. The third kappa shape index (κ3) is 3.39. The number of carbonyl (C=O) groups excluding carboxylic acids is 1. The Bertz CT molecular complexity index is 420. The van der Waals surface area contributed by atoms with Crippen LogP contribution in [0.4, 0.5) is 16.2 Å². The molecule has 1 saturated carbocycles. The molecule has 98 valence electrons. The monoisotopic (exact) mass is 248 g/mol. The largest absolute Gasteiger partial charge is 0.453 e. The van der Waals surface area contributed by atoms with Gasteiger partial charge in [-0.3, -0.25) is 5.32 Å². The van der Waals surface area contributed by atoms with Crippen molar-refractivity contribution in [2.45, 2.75) is 32.2 Å². The second kappa shape index (κ2) is 5.76. The average Bonchev–Trinajstić information content (AvgIpc) is 2.75. The molecule has 0 spiro atoms. The Kier molecular flexibility index (Phi) is 4.07. The van der Waals surface area contributed by atoms with Crippen LogP contribution in [-0.4, -0.2) is 19.2 Å². The van der Waals surface area contributed by atoms with Crippen molar-refractivity contribution >= 4 is 17.5 Å². The first-order valence-corrected chi connectivity index (χ1v) is 6.39. The summed E-state index contributed by atoms with van der Waals surface area (Å²) in [5.74, 6) is 0.805. The smallest absolute Gasteiger partial charge is 0.411 e. The third-order valence-electron chi connectivity index (χ3n) is 3.36. The van der Waals surface area contributed by atoms with Gasteiger partial charge in [0.1, 0.15) is 0 Å². The molecular weight excluding hydrogens is 228 g/mol. The normalized spacial score (nSPS) is 22.6. The molecule has 2 rings (SSSR count). The number of hydrogen-bond donors (Lipinski definition) is 2. The van der Waals surface area contributed by atoms with Gasteiger partial charge in [0, 0.05) is 17.4 Å². The Morgan fingerprint density at radius 3 is 2.78 bits per heavy atom. The minimum Gasteiger partial charge on any atom is -0.453 e. The minimum atomic E-state index is -0.443.